The highest BCUT2D eigenvalue weighted by Crippen LogP contribution is 2.27. The molecular weight excluding hydrogens is 332 g/mol. The summed E-state index contributed by atoms with van der Waals surface area (Å²) < 4.78 is 0. The molecule has 0 spiro atoms. The Hall–Kier alpha value is -2.93. The third-order valence-corrected chi connectivity index (χ3v) is 4.53. The molecule has 1 atom stereocenters. The Morgan fingerprint density at radius 1 is 1.31 bits per heavy atom. The van der Waals surface area contributed by atoms with Crippen molar-refractivity contribution in [3.63, 3.8) is 0 Å². The summed E-state index contributed by atoms with van der Waals surface area (Å²) in [5.74, 6) is -0.170. The van der Waals surface area contributed by atoms with Crippen LogP contribution in [0.5, 0.6) is 0 Å². The van der Waals surface area contributed by atoms with Gasteiger partial charge in [0.2, 0.25) is 0 Å². The Morgan fingerprint density at radius 3 is 2.77 bits per heavy atom. The maximum Gasteiger partial charge on any atom is 0.293 e. The zero-order chi connectivity index (χ0) is 18.5. The lowest BCUT2D eigenvalue weighted by atomic mass is 10.1. The molecule has 7 nitrogen and oxygen atoms in total. The molecule has 0 radical (unpaired) electrons. The number of carbonyl (C=O) groups is 1. The molecule has 2 aromatic rings. The molecule has 1 fully saturated rings. The summed E-state index contributed by atoms with van der Waals surface area (Å²) in [7, 11) is 0. The molecule has 1 aliphatic heterocycles. The first-order valence-corrected chi connectivity index (χ1v) is 8.64. The van der Waals surface area contributed by atoms with Crippen molar-refractivity contribution >= 4 is 17.3 Å². The van der Waals surface area contributed by atoms with E-state index in [-0.39, 0.29) is 17.6 Å². The van der Waals surface area contributed by atoms with Gasteiger partial charge in [-0.15, -0.1) is 0 Å². The van der Waals surface area contributed by atoms with E-state index in [1.807, 2.05) is 37.3 Å². The highest BCUT2D eigenvalue weighted by Gasteiger charge is 2.26. The Kier molecular flexibility index (Phi) is 5.48. The average Bonchev–Trinajstić information content (AvgIpc) is 2.67. The lowest BCUT2D eigenvalue weighted by Gasteiger charge is -2.34. The van der Waals surface area contributed by atoms with Gasteiger partial charge in [-0.05, 0) is 24.6 Å². The Bertz CT molecular complexity index is 795. The van der Waals surface area contributed by atoms with Crippen molar-refractivity contribution in [2.75, 3.05) is 25.0 Å². The molecule has 0 bridgehead atoms. The quantitative estimate of drug-likeness (QED) is 0.637. The Labute approximate surface area is 152 Å². The van der Waals surface area contributed by atoms with Crippen molar-refractivity contribution in [2.45, 2.75) is 19.5 Å². The molecule has 3 rings (SSSR count). The van der Waals surface area contributed by atoms with Crippen LogP contribution in [0.25, 0.3) is 0 Å². The van der Waals surface area contributed by atoms with Gasteiger partial charge in [0.25, 0.3) is 11.6 Å². The first-order valence-electron chi connectivity index (χ1n) is 8.64. The maximum atomic E-state index is 12.7. The predicted octanol–water partition coefficient (Wildman–Crippen LogP) is 2.64. The van der Waals surface area contributed by atoms with Crippen LogP contribution in [0.1, 0.15) is 22.8 Å². The predicted molar refractivity (Wildman–Crippen MR) is 100 cm³/mol. The summed E-state index contributed by atoms with van der Waals surface area (Å²) in [5, 5.41) is 17.8. The van der Waals surface area contributed by atoms with Crippen molar-refractivity contribution in [3.05, 3.63) is 69.8 Å². The monoisotopic (exact) mass is 354 g/mol. The topological polar surface area (TPSA) is 87.5 Å². The van der Waals surface area contributed by atoms with Gasteiger partial charge in [-0.2, -0.15) is 0 Å². The van der Waals surface area contributed by atoms with E-state index in [2.05, 4.69) is 10.6 Å². The van der Waals surface area contributed by atoms with Crippen LogP contribution in [0.3, 0.4) is 0 Å². The van der Waals surface area contributed by atoms with Crippen molar-refractivity contribution in [1.82, 2.24) is 10.2 Å². The van der Waals surface area contributed by atoms with Crippen molar-refractivity contribution in [2.24, 2.45) is 0 Å². The number of rotatable bonds is 5. The lowest BCUT2D eigenvalue weighted by molar-refractivity contribution is -0.384. The molecule has 2 aromatic carbocycles. The van der Waals surface area contributed by atoms with E-state index in [1.165, 1.54) is 6.07 Å². The molecule has 2 N–H and O–H groups in total. The van der Waals surface area contributed by atoms with E-state index < -0.39 is 4.92 Å². The number of hydrogen-bond donors (Lipinski definition) is 2. The fourth-order valence-electron chi connectivity index (χ4n) is 3.07. The molecule has 1 aliphatic rings. The minimum Gasteiger partial charge on any atom is -0.375 e. The Morgan fingerprint density at radius 2 is 2.08 bits per heavy atom. The lowest BCUT2D eigenvalue weighted by Crippen LogP contribution is -2.52. The highest BCUT2D eigenvalue weighted by atomic mass is 16.6. The molecule has 0 saturated carbocycles. The first kappa shape index (κ1) is 17.9. The molecular formula is C19H22N4O3. The second kappa shape index (κ2) is 7.97. The highest BCUT2D eigenvalue weighted by molar-refractivity contribution is 5.96. The molecule has 1 saturated heterocycles. The number of piperazine rings is 1. The van der Waals surface area contributed by atoms with Crippen molar-refractivity contribution in [3.8, 4) is 0 Å². The Balaban J connectivity index is 1.80. The zero-order valence-corrected chi connectivity index (χ0v) is 14.6. The van der Waals surface area contributed by atoms with E-state index in [0.29, 0.717) is 24.3 Å². The standard InChI is InChI=1S/C19H22N4O3/c1-14-12-20-9-10-22(14)19(24)16-7-8-17(18(11-16)23(25)26)21-13-15-5-3-2-4-6-15/h2-8,11,14,20-21H,9-10,12-13H2,1H3/t14-/m1/s1. The summed E-state index contributed by atoms with van der Waals surface area (Å²) in [4.78, 5) is 25.5. The number of nitro groups is 1. The number of carbonyl (C=O) groups excluding carboxylic acids is 1. The number of amides is 1. The maximum absolute atomic E-state index is 12.7. The first-order chi connectivity index (χ1) is 12.6. The minimum absolute atomic E-state index is 0.0613. The van der Waals surface area contributed by atoms with Crippen LogP contribution in [0, 0.1) is 10.1 Å². The van der Waals surface area contributed by atoms with E-state index >= 15 is 0 Å². The molecule has 26 heavy (non-hydrogen) atoms. The van der Waals surface area contributed by atoms with Crippen LogP contribution in [-0.4, -0.2) is 41.4 Å². The molecule has 0 aliphatic carbocycles. The number of nitrogens with one attached hydrogen (secondary N) is 2. The van der Waals surface area contributed by atoms with Crippen LogP contribution in [0.15, 0.2) is 48.5 Å². The average molecular weight is 354 g/mol. The van der Waals surface area contributed by atoms with Gasteiger partial charge in [-0.25, -0.2) is 0 Å². The molecule has 0 unspecified atom stereocenters. The van der Waals surface area contributed by atoms with Crippen LogP contribution < -0.4 is 10.6 Å². The third kappa shape index (κ3) is 4.00. The molecule has 1 amide bonds. The number of nitro benzene ring substituents is 1. The molecule has 7 heteroatoms. The third-order valence-electron chi connectivity index (χ3n) is 4.53. The summed E-state index contributed by atoms with van der Waals surface area (Å²) in [6, 6.07) is 14.3. The van der Waals surface area contributed by atoms with Crippen molar-refractivity contribution < 1.29 is 9.72 Å². The molecule has 136 valence electrons. The van der Waals surface area contributed by atoms with Gasteiger partial charge >= 0.3 is 0 Å². The fraction of sp³-hybridized carbons (Fsp3) is 0.316. The van der Waals surface area contributed by atoms with Crippen LogP contribution in [0.4, 0.5) is 11.4 Å². The van der Waals surface area contributed by atoms with Crippen molar-refractivity contribution in [1.29, 1.82) is 0 Å². The van der Waals surface area contributed by atoms with Gasteiger partial charge < -0.3 is 15.5 Å². The largest absolute Gasteiger partial charge is 0.375 e. The molecule has 0 aromatic heterocycles. The normalized spacial score (nSPS) is 17.0. The second-order valence-electron chi connectivity index (χ2n) is 6.38. The molecule has 1 heterocycles. The zero-order valence-electron chi connectivity index (χ0n) is 14.6. The van der Waals surface area contributed by atoms with Gasteiger partial charge in [-0.1, -0.05) is 30.3 Å². The van der Waals surface area contributed by atoms with E-state index in [4.69, 9.17) is 0 Å². The number of hydrogen-bond acceptors (Lipinski definition) is 5. The van der Waals surface area contributed by atoms with Gasteiger partial charge in [-0.3, -0.25) is 14.9 Å². The van der Waals surface area contributed by atoms with Crippen LogP contribution in [-0.2, 0) is 6.54 Å². The number of benzene rings is 2. The summed E-state index contributed by atoms with van der Waals surface area (Å²) in [6.07, 6.45) is 0. The van der Waals surface area contributed by atoms with E-state index in [9.17, 15) is 14.9 Å². The SMILES string of the molecule is C[C@@H]1CNCCN1C(=O)c1ccc(NCc2ccccc2)c([N+](=O)[O-])c1. The van der Waals surface area contributed by atoms with Gasteiger partial charge in [0, 0.05) is 43.9 Å². The van der Waals surface area contributed by atoms with Crippen LogP contribution >= 0.6 is 0 Å². The van der Waals surface area contributed by atoms with E-state index in [1.54, 1.807) is 17.0 Å². The van der Waals surface area contributed by atoms with Crippen LogP contribution in [0.2, 0.25) is 0 Å². The minimum atomic E-state index is -0.453. The smallest absolute Gasteiger partial charge is 0.293 e. The number of nitrogens with zero attached hydrogens (tertiary/aromatic N) is 2. The summed E-state index contributed by atoms with van der Waals surface area (Å²) in [6.45, 7) is 4.50. The van der Waals surface area contributed by atoms with E-state index in [0.717, 1.165) is 18.7 Å². The van der Waals surface area contributed by atoms with Gasteiger partial charge in [0.05, 0.1) is 4.92 Å². The second-order valence-corrected chi connectivity index (χ2v) is 6.38. The van der Waals surface area contributed by atoms with Gasteiger partial charge in [0.15, 0.2) is 0 Å². The van der Waals surface area contributed by atoms with Gasteiger partial charge in [0.1, 0.15) is 5.69 Å². The summed E-state index contributed by atoms with van der Waals surface area (Å²) in [5.41, 5.74) is 1.69. The fourth-order valence-corrected chi connectivity index (χ4v) is 3.07. The number of anilines is 1. The summed E-state index contributed by atoms with van der Waals surface area (Å²) >= 11 is 0.